The van der Waals surface area contributed by atoms with Crippen LogP contribution in [0.15, 0.2) is 29.6 Å². The van der Waals surface area contributed by atoms with Gasteiger partial charge in [0, 0.05) is 24.0 Å². The van der Waals surface area contributed by atoms with Crippen LogP contribution in [0.3, 0.4) is 0 Å². The van der Waals surface area contributed by atoms with Crippen molar-refractivity contribution in [3.8, 4) is 0 Å². The van der Waals surface area contributed by atoms with Crippen molar-refractivity contribution in [1.29, 1.82) is 0 Å². The molecule has 3 rings (SSSR count). The van der Waals surface area contributed by atoms with Crippen molar-refractivity contribution < 1.29 is 19.4 Å². The molecule has 1 aliphatic rings. The van der Waals surface area contributed by atoms with Gasteiger partial charge >= 0.3 is 5.97 Å². The van der Waals surface area contributed by atoms with Gasteiger partial charge < -0.3 is 14.7 Å². The van der Waals surface area contributed by atoms with Crippen LogP contribution in [0.5, 0.6) is 0 Å². The fourth-order valence-corrected chi connectivity index (χ4v) is 3.96. The maximum absolute atomic E-state index is 12.7. The number of carbonyl (C=O) groups excluding carboxylic acids is 1. The van der Waals surface area contributed by atoms with Crippen LogP contribution in [0, 0.1) is 0 Å². The summed E-state index contributed by atoms with van der Waals surface area (Å²) in [6.07, 6.45) is 1.64. The van der Waals surface area contributed by atoms with Gasteiger partial charge in [0.1, 0.15) is 6.54 Å². The molecule has 6 heteroatoms. The Hall–Kier alpha value is -1.92. The van der Waals surface area contributed by atoms with Gasteiger partial charge in [-0.2, -0.15) is 0 Å². The van der Waals surface area contributed by atoms with E-state index in [4.69, 9.17) is 9.84 Å². The largest absolute Gasteiger partial charge is 0.480 e. The van der Waals surface area contributed by atoms with E-state index in [1.165, 1.54) is 4.90 Å². The number of thiophene rings is 1. The fourth-order valence-electron chi connectivity index (χ4n) is 3.00. The first-order valence-electron chi connectivity index (χ1n) is 7.69. The van der Waals surface area contributed by atoms with Crippen LogP contribution in [0.4, 0.5) is 0 Å². The molecule has 1 amide bonds. The van der Waals surface area contributed by atoms with Crippen LogP contribution in [0.1, 0.15) is 18.4 Å². The molecule has 0 radical (unpaired) electrons. The lowest BCUT2D eigenvalue weighted by molar-refractivity contribution is -0.147. The maximum Gasteiger partial charge on any atom is 0.323 e. The average Bonchev–Trinajstić information content (AvgIpc) is 2.96. The lowest BCUT2D eigenvalue weighted by Crippen LogP contribution is -2.46. The van der Waals surface area contributed by atoms with Gasteiger partial charge in [0.15, 0.2) is 0 Å². The third-order valence-electron chi connectivity index (χ3n) is 4.16. The number of hydrogen-bond acceptors (Lipinski definition) is 4. The van der Waals surface area contributed by atoms with E-state index in [-0.39, 0.29) is 24.9 Å². The van der Waals surface area contributed by atoms with Crippen molar-refractivity contribution in [3.05, 3.63) is 35.2 Å². The number of aliphatic carboxylic acids is 1. The Morgan fingerprint density at radius 1 is 1.26 bits per heavy atom. The molecule has 1 saturated heterocycles. The highest BCUT2D eigenvalue weighted by atomic mass is 32.1. The first-order chi connectivity index (χ1) is 11.1. The second-order valence-electron chi connectivity index (χ2n) is 5.69. The molecule has 2 heterocycles. The number of benzene rings is 1. The highest BCUT2D eigenvalue weighted by Crippen LogP contribution is 2.27. The van der Waals surface area contributed by atoms with Crippen LogP contribution in [0.2, 0.25) is 0 Å². The van der Waals surface area contributed by atoms with E-state index in [1.54, 1.807) is 11.3 Å². The van der Waals surface area contributed by atoms with Gasteiger partial charge in [0.25, 0.3) is 0 Å². The van der Waals surface area contributed by atoms with Crippen molar-refractivity contribution in [2.75, 3.05) is 19.8 Å². The van der Waals surface area contributed by atoms with Crippen molar-refractivity contribution in [1.82, 2.24) is 4.90 Å². The summed E-state index contributed by atoms with van der Waals surface area (Å²) >= 11 is 1.61. The molecule has 0 unspecified atom stereocenters. The lowest BCUT2D eigenvalue weighted by atomic mass is 10.0. The minimum Gasteiger partial charge on any atom is -0.480 e. The predicted octanol–water partition coefficient (Wildman–Crippen LogP) is 2.54. The molecular formula is C17H19NO4S. The minimum absolute atomic E-state index is 0.0442. The number of carboxylic acids is 1. The fraction of sp³-hybridized carbons (Fsp3) is 0.412. The molecular weight excluding hydrogens is 314 g/mol. The molecule has 0 saturated carbocycles. The third kappa shape index (κ3) is 3.71. The Balaban J connectivity index is 1.78. The first kappa shape index (κ1) is 16.0. The molecule has 23 heavy (non-hydrogen) atoms. The zero-order valence-electron chi connectivity index (χ0n) is 12.7. The van der Waals surface area contributed by atoms with Crippen LogP contribution in [-0.2, 0) is 20.7 Å². The molecule has 0 bridgehead atoms. The maximum atomic E-state index is 12.7. The van der Waals surface area contributed by atoms with E-state index in [2.05, 4.69) is 0 Å². The van der Waals surface area contributed by atoms with E-state index in [0.717, 1.165) is 15.6 Å². The summed E-state index contributed by atoms with van der Waals surface area (Å²) < 4.78 is 6.46. The van der Waals surface area contributed by atoms with Crippen LogP contribution in [0.25, 0.3) is 10.1 Å². The monoisotopic (exact) mass is 333 g/mol. The second-order valence-corrected chi connectivity index (χ2v) is 6.60. The number of ether oxygens (including phenoxy) is 1. The zero-order chi connectivity index (χ0) is 16.2. The summed E-state index contributed by atoms with van der Waals surface area (Å²) in [5.74, 6) is -1.09. The van der Waals surface area contributed by atoms with Gasteiger partial charge in [-0.15, -0.1) is 11.3 Å². The van der Waals surface area contributed by atoms with E-state index in [9.17, 15) is 9.59 Å². The highest BCUT2D eigenvalue weighted by Gasteiger charge is 2.27. The van der Waals surface area contributed by atoms with E-state index in [1.807, 2.05) is 29.6 Å². The van der Waals surface area contributed by atoms with Gasteiger partial charge in [-0.1, -0.05) is 18.2 Å². The van der Waals surface area contributed by atoms with E-state index < -0.39 is 5.97 Å². The van der Waals surface area contributed by atoms with Crippen molar-refractivity contribution in [2.45, 2.75) is 25.3 Å². The summed E-state index contributed by atoms with van der Waals surface area (Å²) in [6, 6.07) is 7.92. The highest BCUT2D eigenvalue weighted by molar-refractivity contribution is 7.17. The molecule has 0 atom stereocenters. The number of carbonyl (C=O) groups is 2. The topological polar surface area (TPSA) is 66.8 Å². The third-order valence-corrected chi connectivity index (χ3v) is 5.17. The Bertz CT molecular complexity index is 705. The Labute approximate surface area is 138 Å². The van der Waals surface area contributed by atoms with E-state index >= 15 is 0 Å². The van der Waals surface area contributed by atoms with Gasteiger partial charge in [0.05, 0.1) is 6.42 Å². The van der Waals surface area contributed by atoms with Crippen LogP contribution < -0.4 is 0 Å². The number of hydrogen-bond donors (Lipinski definition) is 1. The SMILES string of the molecule is O=C(O)CN(C(=O)Cc1csc2ccccc12)C1CCOCC1. The number of amides is 1. The van der Waals surface area contributed by atoms with Crippen LogP contribution in [-0.4, -0.2) is 47.7 Å². The number of nitrogens with zero attached hydrogens (tertiary/aromatic N) is 1. The van der Waals surface area contributed by atoms with Gasteiger partial charge in [-0.05, 0) is 35.2 Å². The molecule has 1 aromatic heterocycles. The number of carboxylic acid groups (broad SMARTS) is 1. The Kier molecular flexibility index (Phi) is 4.93. The number of fused-ring (bicyclic) bond motifs is 1. The van der Waals surface area contributed by atoms with Crippen LogP contribution >= 0.6 is 11.3 Å². The molecule has 0 aliphatic carbocycles. The zero-order valence-corrected chi connectivity index (χ0v) is 13.6. The molecule has 1 fully saturated rings. The summed E-state index contributed by atoms with van der Waals surface area (Å²) in [6.45, 7) is 0.913. The molecule has 1 aliphatic heterocycles. The minimum atomic E-state index is -0.972. The summed E-state index contributed by atoms with van der Waals surface area (Å²) in [5, 5.41) is 12.2. The quantitative estimate of drug-likeness (QED) is 0.913. The Morgan fingerprint density at radius 2 is 2.00 bits per heavy atom. The number of rotatable bonds is 5. The summed E-state index contributed by atoms with van der Waals surface area (Å²) in [7, 11) is 0. The first-order valence-corrected chi connectivity index (χ1v) is 8.57. The normalized spacial score (nSPS) is 15.7. The van der Waals surface area contributed by atoms with Crippen molar-refractivity contribution in [2.24, 2.45) is 0 Å². The van der Waals surface area contributed by atoms with Gasteiger partial charge in [0.2, 0.25) is 5.91 Å². The van der Waals surface area contributed by atoms with E-state index in [0.29, 0.717) is 26.1 Å². The standard InChI is InChI=1S/C17H19NO4S/c19-16(9-12-11-23-15-4-2-1-3-14(12)15)18(10-17(20)21)13-5-7-22-8-6-13/h1-4,11,13H,5-10H2,(H,20,21). The molecule has 2 aromatic rings. The predicted molar refractivity (Wildman–Crippen MR) is 88.7 cm³/mol. The smallest absolute Gasteiger partial charge is 0.323 e. The van der Waals surface area contributed by atoms with Gasteiger partial charge in [-0.3, -0.25) is 9.59 Å². The molecule has 5 nitrogen and oxygen atoms in total. The lowest BCUT2D eigenvalue weighted by Gasteiger charge is -2.33. The van der Waals surface area contributed by atoms with Crippen molar-refractivity contribution in [3.63, 3.8) is 0 Å². The molecule has 0 spiro atoms. The second kappa shape index (κ2) is 7.10. The Morgan fingerprint density at radius 3 is 2.74 bits per heavy atom. The summed E-state index contributed by atoms with van der Waals surface area (Å²) in [4.78, 5) is 25.4. The van der Waals surface area contributed by atoms with Gasteiger partial charge in [-0.25, -0.2) is 0 Å². The molecule has 1 N–H and O–H groups in total. The summed E-state index contributed by atoms with van der Waals surface area (Å²) in [5.41, 5.74) is 0.970. The van der Waals surface area contributed by atoms with Crippen molar-refractivity contribution >= 4 is 33.3 Å². The molecule has 122 valence electrons. The molecule has 1 aromatic carbocycles. The average molecular weight is 333 g/mol.